The lowest BCUT2D eigenvalue weighted by Crippen LogP contribution is -2.29. The molecule has 136 valence electrons. The molecule has 5 nitrogen and oxygen atoms in total. The van der Waals surface area contributed by atoms with Crippen LogP contribution in [-0.4, -0.2) is 37.3 Å². The van der Waals surface area contributed by atoms with Gasteiger partial charge in [0.25, 0.3) is 0 Å². The van der Waals surface area contributed by atoms with Crippen molar-refractivity contribution in [3.63, 3.8) is 0 Å². The third kappa shape index (κ3) is 3.09. The molecule has 0 saturated carbocycles. The molecule has 1 aliphatic rings. The van der Waals surface area contributed by atoms with Gasteiger partial charge in [0, 0.05) is 30.7 Å². The van der Waals surface area contributed by atoms with Gasteiger partial charge < -0.3 is 4.90 Å². The Bertz CT molecular complexity index is 1050. The Labute approximate surface area is 154 Å². The molecule has 2 aromatic carbocycles. The lowest BCUT2D eigenvalue weighted by molar-refractivity contribution is 0.578. The van der Waals surface area contributed by atoms with Crippen LogP contribution in [0.4, 0.5) is 5.69 Å². The van der Waals surface area contributed by atoms with Crippen LogP contribution >= 0.6 is 0 Å². The zero-order valence-corrected chi connectivity index (χ0v) is 16.0. The number of rotatable bonds is 3. The standard InChI is InChI=1S/C20H23N3O2S/c1-15-21-19-11-8-17(22-12-4-3-5-13-22)14-20(19)23(15)16-6-9-18(10-7-16)26(2,24)25/h6-11,14H,3-5,12-13H2,1-2H3. The highest BCUT2D eigenvalue weighted by molar-refractivity contribution is 7.90. The maximum Gasteiger partial charge on any atom is 0.175 e. The number of sulfone groups is 1. The van der Waals surface area contributed by atoms with Crippen molar-refractivity contribution < 1.29 is 8.42 Å². The number of imidazole rings is 1. The molecule has 1 saturated heterocycles. The van der Waals surface area contributed by atoms with Crippen LogP contribution in [0.1, 0.15) is 25.1 Å². The molecule has 3 aromatic rings. The Morgan fingerprint density at radius 2 is 1.58 bits per heavy atom. The van der Waals surface area contributed by atoms with Gasteiger partial charge in [0.2, 0.25) is 0 Å². The lowest BCUT2D eigenvalue weighted by atomic mass is 10.1. The smallest absolute Gasteiger partial charge is 0.175 e. The molecule has 1 aliphatic heterocycles. The summed E-state index contributed by atoms with van der Waals surface area (Å²) >= 11 is 0. The Balaban J connectivity index is 1.80. The third-order valence-corrected chi connectivity index (χ3v) is 6.18. The van der Waals surface area contributed by atoms with Crippen molar-refractivity contribution in [3.05, 3.63) is 48.3 Å². The molecule has 0 aliphatic carbocycles. The van der Waals surface area contributed by atoms with E-state index in [9.17, 15) is 8.42 Å². The summed E-state index contributed by atoms with van der Waals surface area (Å²) in [6.07, 6.45) is 5.01. The van der Waals surface area contributed by atoms with Crippen molar-refractivity contribution in [1.82, 2.24) is 9.55 Å². The minimum atomic E-state index is -3.19. The number of aromatic nitrogens is 2. The summed E-state index contributed by atoms with van der Waals surface area (Å²) in [5.41, 5.74) is 4.16. The van der Waals surface area contributed by atoms with Crippen molar-refractivity contribution in [3.8, 4) is 5.69 Å². The summed E-state index contributed by atoms with van der Waals surface area (Å²) in [5, 5.41) is 0. The van der Waals surface area contributed by atoms with E-state index >= 15 is 0 Å². The van der Waals surface area contributed by atoms with Crippen LogP contribution in [0.25, 0.3) is 16.7 Å². The van der Waals surface area contributed by atoms with Crippen molar-refractivity contribution >= 4 is 26.6 Å². The van der Waals surface area contributed by atoms with Gasteiger partial charge in [-0.2, -0.15) is 0 Å². The number of fused-ring (bicyclic) bond motifs is 1. The van der Waals surface area contributed by atoms with Gasteiger partial charge in [0.05, 0.1) is 15.9 Å². The fraction of sp³-hybridized carbons (Fsp3) is 0.350. The van der Waals surface area contributed by atoms with Crippen LogP contribution in [0.15, 0.2) is 47.4 Å². The predicted molar refractivity (Wildman–Crippen MR) is 105 cm³/mol. The van der Waals surface area contributed by atoms with Gasteiger partial charge in [-0.3, -0.25) is 4.57 Å². The Hall–Kier alpha value is -2.34. The molecule has 1 fully saturated rings. The summed E-state index contributed by atoms with van der Waals surface area (Å²) in [6, 6.07) is 13.4. The number of aryl methyl sites for hydroxylation is 1. The number of piperidine rings is 1. The molecule has 6 heteroatoms. The fourth-order valence-corrected chi connectivity index (χ4v) is 4.33. The largest absolute Gasteiger partial charge is 0.371 e. The number of benzene rings is 2. The van der Waals surface area contributed by atoms with Crippen molar-refractivity contribution in [2.24, 2.45) is 0 Å². The first-order valence-electron chi connectivity index (χ1n) is 8.98. The lowest BCUT2D eigenvalue weighted by Gasteiger charge is -2.28. The van der Waals surface area contributed by atoms with Gasteiger partial charge in [-0.25, -0.2) is 13.4 Å². The number of hydrogen-bond donors (Lipinski definition) is 0. The van der Waals surface area contributed by atoms with Gasteiger partial charge in [-0.05, 0) is 68.7 Å². The van der Waals surface area contributed by atoms with Crippen LogP contribution in [0.3, 0.4) is 0 Å². The van der Waals surface area contributed by atoms with Crippen LogP contribution in [0.5, 0.6) is 0 Å². The Kier molecular flexibility index (Phi) is 4.23. The maximum atomic E-state index is 11.7. The predicted octanol–water partition coefficient (Wildman–Crippen LogP) is 3.73. The minimum Gasteiger partial charge on any atom is -0.371 e. The van der Waals surface area contributed by atoms with Gasteiger partial charge in [0.15, 0.2) is 9.84 Å². The fourth-order valence-electron chi connectivity index (χ4n) is 3.70. The van der Waals surface area contributed by atoms with E-state index in [1.807, 2.05) is 19.1 Å². The number of nitrogens with zero attached hydrogens (tertiary/aromatic N) is 3. The van der Waals surface area contributed by atoms with Crippen LogP contribution < -0.4 is 4.90 Å². The van der Waals surface area contributed by atoms with Crippen LogP contribution in [0, 0.1) is 6.92 Å². The van der Waals surface area contributed by atoms with Crippen molar-refractivity contribution in [2.45, 2.75) is 31.1 Å². The van der Waals surface area contributed by atoms with E-state index in [4.69, 9.17) is 0 Å². The molecule has 0 spiro atoms. The first-order chi connectivity index (χ1) is 12.4. The average molecular weight is 369 g/mol. The average Bonchev–Trinajstić information content (AvgIpc) is 2.96. The Morgan fingerprint density at radius 1 is 0.923 bits per heavy atom. The van der Waals surface area contributed by atoms with Crippen LogP contribution in [-0.2, 0) is 9.84 Å². The summed E-state index contributed by atoms with van der Waals surface area (Å²) in [7, 11) is -3.19. The zero-order chi connectivity index (χ0) is 18.3. The second-order valence-electron chi connectivity index (χ2n) is 6.98. The molecule has 0 atom stereocenters. The van der Waals surface area contributed by atoms with Gasteiger partial charge in [-0.15, -0.1) is 0 Å². The summed E-state index contributed by atoms with van der Waals surface area (Å²) in [6.45, 7) is 4.18. The quantitative estimate of drug-likeness (QED) is 0.706. The molecule has 0 N–H and O–H groups in total. The molecule has 0 amide bonds. The highest BCUT2D eigenvalue weighted by atomic mass is 32.2. The monoisotopic (exact) mass is 369 g/mol. The Morgan fingerprint density at radius 3 is 2.23 bits per heavy atom. The van der Waals surface area contributed by atoms with E-state index < -0.39 is 9.84 Å². The first-order valence-corrected chi connectivity index (χ1v) is 10.9. The zero-order valence-electron chi connectivity index (χ0n) is 15.1. The summed E-state index contributed by atoms with van der Waals surface area (Å²) < 4.78 is 25.5. The molecular formula is C20H23N3O2S. The number of hydrogen-bond acceptors (Lipinski definition) is 4. The van der Waals surface area contributed by atoms with Crippen molar-refractivity contribution in [1.29, 1.82) is 0 Å². The van der Waals surface area contributed by atoms with E-state index in [1.165, 1.54) is 31.2 Å². The first kappa shape index (κ1) is 17.1. The highest BCUT2D eigenvalue weighted by Gasteiger charge is 2.15. The molecule has 4 rings (SSSR count). The third-order valence-electron chi connectivity index (χ3n) is 5.05. The highest BCUT2D eigenvalue weighted by Crippen LogP contribution is 2.28. The van der Waals surface area contributed by atoms with E-state index in [2.05, 4.69) is 32.7 Å². The molecule has 1 aromatic heterocycles. The maximum absolute atomic E-state index is 11.7. The summed E-state index contributed by atoms with van der Waals surface area (Å²) in [4.78, 5) is 7.44. The number of anilines is 1. The SMILES string of the molecule is Cc1nc2ccc(N3CCCCC3)cc2n1-c1ccc(S(C)(=O)=O)cc1. The van der Waals surface area contributed by atoms with Gasteiger partial charge in [0.1, 0.15) is 5.82 Å². The minimum absolute atomic E-state index is 0.331. The second-order valence-corrected chi connectivity index (χ2v) is 9.00. The van der Waals surface area contributed by atoms with Crippen LogP contribution in [0.2, 0.25) is 0 Å². The molecule has 26 heavy (non-hydrogen) atoms. The van der Waals surface area contributed by atoms with Crippen molar-refractivity contribution in [2.75, 3.05) is 24.2 Å². The molecule has 2 heterocycles. The molecule has 0 radical (unpaired) electrons. The topological polar surface area (TPSA) is 55.2 Å². The molecule has 0 bridgehead atoms. The second kappa shape index (κ2) is 6.43. The normalized spacial score (nSPS) is 15.5. The van der Waals surface area contributed by atoms with Gasteiger partial charge in [-0.1, -0.05) is 0 Å². The van der Waals surface area contributed by atoms with E-state index in [1.54, 1.807) is 12.1 Å². The van der Waals surface area contributed by atoms with E-state index in [0.29, 0.717) is 4.90 Å². The van der Waals surface area contributed by atoms with Gasteiger partial charge >= 0.3 is 0 Å². The van der Waals surface area contributed by atoms with E-state index in [-0.39, 0.29) is 0 Å². The molecular weight excluding hydrogens is 346 g/mol. The summed E-state index contributed by atoms with van der Waals surface area (Å²) in [5.74, 6) is 0.892. The molecule has 0 unspecified atom stereocenters. The van der Waals surface area contributed by atoms with E-state index in [0.717, 1.165) is 35.6 Å².